The molecule has 2 nitrogen and oxygen atoms in total. The van der Waals surface area contributed by atoms with Crippen LogP contribution in [-0.4, -0.2) is 17.3 Å². The summed E-state index contributed by atoms with van der Waals surface area (Å²) >= 11 is 7.80. The second-order valence-electron chi connectivity index (χ2n) is 7.29. The molecule has 2 N–H and O–H groups in total. The summed E-state index contributed by atoms with van der Waals surface area (Å²) < 4.78 is 0.889. The maximum Gasteiger partial charge on any atom is 0.0934 e. The Morgan fingerprint density at radius 1 is 1.35 bits per heavy atom. The van der Waals surface area contributed by atoms with Gasteiger partial charge < -0.3 is 10.4 Å². The number of aliphatic hydroxyl groups is 1. The van der Waals surface area contributed by atoms with Crippen molar-refractivity contribution in [2.24, 2.45) is 5.41 Å². The molecule has 1 unspecified atom stereocenters. The summed E-state index contributed by atoms with van der Waals surface area (Å²) in [5.41, 5.74) is 1.24. The lowest BCUT2D eigenvalue weighted by molar-refractivity contribution is -0.0261. The molecule has 2 aliphatic carbocycles. The summed E-state index contributed by atoms with van der Waals surface area (Å²) in [6, 6.07) is 2.48. The second kappa shape index (κ2) is 5.28. The van der Waals surface area contributed by atoms with Gasteiger partial charge in [-0.3, -0.25) is 0 Å². The minimum absolute atomic E-state index is 0.382. The highest BCUT2D eigenvalue weighted by atomic mass is 35.5. The molecule has 0 aliphatic heterocycles. The summed E-state index contributed by atoms with van der Waals surface area (Å²) in [5, 5.41) is 14.3. The van der Waals surface area contributed by atoms with Crippen LogP contribution in [0.2, 0.25) is 4.34 Å². The lowest BCUT2D eigenvalue weighted by Crippen LogP contribution is -2.45. The van der Waals surface area contributed by atoms with Crippen molar-refractivity contribution in [2.45, 2.75) is 64.0 Å². The first kappa shape index (κ1) is 14.8. The van der Waals surface area contributed by atoms with Gasteiger partial charge in [0, 0.05) is 17.5 Å². The zero-order chi connectivity index (χ0) is 14.4. The van der Waals surface area contributed by atoms with Crippen LogP contribution in [0.15, 0.2) is 6.07 Å². The summed E-state index contributed by atoms with van der Waals surface area (Å²) in [6.07, 6.45) is 6.32. The molecule has 0 spiro atoms. The zero-order valence-corrected chi connectivity index (χ0v) is 13.9. The van der Waals surface area contributed by atoms with Gasteiger partial charge in [-0.05, 0) is 55.6 Å². The third-order valence-corrected chi connectivity index (χ3v) is 6.40. The van der Waals surface area contributed by atoms with Crippen molar-refractivity contribution in [3.63, 3.8) is 0 Å². The standard InChI is InChI=1S/C16H24ClNOS/c1-15(2)5-7-16(19,8-6-15)10-18-12-3-4-13-11(12)9-14(17)20-13/h9,12,18-19H,3-8,10H2,1-2H3. The molecule has 0 saturated heterocycles. The Labute approximate surface area is 130 Å². The lowest BCUT2D eigenvalue weighted by Gasteiger charge is -2.40. The summed E-state index contributed by atoms with van der Waals surface area (Å²) in [4.78, 5) is 1.42. The number of halogens is 1. The topological polar surface area (TPSA) is 32.3 Å². The molecule has 3 rings (SSSR count). The average molecular weight is 314 g/mol. The smallest absolute Gasteiger partial charge is 0.0934 e. The van der Waals surface area contributed by atoms with Crippen LogP contribution in [0.1, 0.15) is 62.4 Å². The number of aryl methyl sites for hydroxylation is 1. The predicted molar refractivity (Wildman–Crippen MR) is 85.6 cm³/mol. The minimum Gasteiger partial charge on any atom is -0.389 e. The van der Waals surface area contributed by atoms with Gasteiger partial charge in [-0.1, -0.05) is 25.4 Å². The lowest BCUT2D eigenvalue weighted by atomic mass is 9.71. The third-order valence-electron chi connectivity index (χ3n) is 5.06. The van der Waals surface area contributed by atoms with Crippen LogP contribution in [-0.2, 0) is 6.42 Å². The molecule has 0 amide bonds. The van der Waals surface area contributed by atoms with E-state index >= 15 is 0 Å². The van der Waals surface area contributed by atoms with Crippen molar-refractivity contribution < 1.29 is 5.11 Å². The van der Waals surface area contributed by atoms with Crippen molar-refractivity contribution in [3.05, 3.63) is 20.8 Å². The van der Waals surface area contributed by atoms with Crippen molar-refractivity contribution in [1.82, 2.24) is 5.32 Å². The van der Waals surface area contributed by atoms with Gasteiger partial charge in [-0.15, -0.1) is 11.3 Å². The van der Waals surface area contributed by atoms with Gasteiger partial charge in [0.1, 0.15) is 0 Å². The molecule has 4 heteroatoms. The molecular formula is C16H24ClNOS. The normalized spacial score (nSPS) is 27.5. The van der Waals surface area contributed by atoms with Crippen molar-refractivity contribution in [3.8, 4) is 0 Å². The molecule has 20 heavy (non-hydrogen) atoms. The van der Waals surface area contributed by atoms with Crippen molar-refractivity contribution in [1.29, 1.82) is 0 Å². The molecule has 2 aliphatic rings. The molecule has 1 fully saturated rings. The molecule has 1 heterocycles. The number of rotatable bonds is 3. The highest BCUT2D eigenvalue weighted by Crippen LogP contribution is 2.42. The van der Waals surface area contributed by atoms with E-state index in [4.69, 9.17) is 11.6 Å². The fraction of sp³-hybridized carbons (Fsp3) is 0.750. The monoisotopic (exact) mass is 313 g/mol. The van der Waals surface area contributed by atoms with Gasteiger partial charge in [0.25, 0.3) is 0 Å². The SMILES string of the molecule is CC1(C)CCC(O)(CNC2CCc3sc(Cl)cc32)CC1. The number of hydrogen-bond donors (Lipinski definition) is 2. The maximum absolute atomic E-state index is 10.7. The van der Waals surface area contributed by atoms with Gasteiger partial charge >= 0.3 is 0 Å². The fourth-order valence-electron chi connectivity index (χ4n) is 3.42. The van der Waals surface area contributed by atoms with Crippen LogP contribution in [0.3, 0.4) is 0 Å². The van der Waals surface area contributed by atoms with Gasteiger partial charge in [-0.25, -0.2) is 0 Å². The third kappa shape index (κ3) is 3.06. The zero-order valence-electron chi connectivity index (χ0n) is 12.3. The van der Waals surface area contributed by atoms with E-state index in [0.717, 1.165) is 42.9 Å². The van der Waals surface area contributed by atoms with E-state index in [9.17, 15) is 5.11 Å². The van der Waals surface area contributed by atoms with E-state index in [1.54, 1.807) is 11.3 Å². The predicted octanol–water partition coefficient (Wildman–Crippen LogP) is 4.31. The minimum atomic E-state index is -0.516. The van der Waals surface area contributed by atoms with Crippen LogP contribution in [0.4, 0.5) is 0 Å². The molecule has 0 bridgehead atoms. The Balaban J connectivity index is 1.58. The summed E-state index contributed by atoms with van der Waals surface area (Å²) in [7, 11) is 0. The van der Waals surface area contributed by atoms with E-state index in [2.05, 4.69) is 25.2 Å². The highest BCUT2D eigenvalue weighted by molar-refractivity contribution is 7.16. The first-order valence-electron chi connectivity index (χ1n) is 7.61. The Hall–Kier alpha value is -0.0900. The Morgan fingerprint density at radius 3 is 2.75 bits per heavy atom. The molecule has 1 aromatic heterocycles. The van der Waals surface area contributed by atoms with E-state index in [-0.39, 0.29) is 0 Å². The van der Waals surface area contributed by atoms with Gasteiger partial charge in [0.05, 0.1) is 9.94 Å². The molecular weight excluding hydrogens is 290 g/mol. The molecule has 112 valence electrons. The van der Waals surface area contributed by atoms with E-state index in [1.165, 1.54) is 10.4 Å². The molecule has 0 aromatic carbocycles. The number of nitrogens with one attached hydrogen (secondary N) is 1. The van der Waals surface area contributed by atoms with Crippen LogP contribution in [0, 0.1) is 5.41 Å². The Kier molecular flexibility index (Phi) is 3.91. The molecule has 1 saturated carbocycles. The summed E-state index contributed by atoms with van der Waals surface area (Å²) in [6.45, 7) is 5.31. The molecule has 1 atom stereocenters. The maximum atomic E-state index is 10.7. The fourth-order valence-corrected chi connectivity index (χ4v) is 4.78. The van der Waals surface area contributed by atoms with Crippen molar-refractivity contribution in [2.75, 3.05) is 6.54 Å². The van der Waals surface area contributed by atoms with E-state index < -0.39 is 5.60 Å². The van der Waals surface area contributed by atoms with Gasteiger partial charge in [0.2, 0.25) is 0 Å². The van der Waals surface area contributed by atoms with Crippen LogP contribution < -0.4 is 5.32 Å². The average Bonchev–Trinajstić information content (AvgIpc) is 2.91. The Morgan fingerprint density at radius 2 is 2.05 bits per heavy atom. The van der Waals surface area contributed by atoms with Crippen LogP contribution >= 0.6 is 22.9 Å². The molecule has 1 aromatic rings. The molecule has 0 radical (unpaired) electrons. The quantitative estimate of drug-likeness (QED) is 0.871. The van der Waals surface area contributed by atoms with Crippen LogP contribution in [0.5, 0.6) is 0 Å². The van der Waals surface area contributed by atoms with E-state index in [0.29, 0.717) is 18.0 Å². The first-order chi connectivity index (χ1) is 9.37. The second-order valence-corrected chi connectivity index (χ2v) is 9.06. The van der Waals surface area contributed by atoms with Gasteiger partial charge in [0.15, 0.2) is 0 Å². The van der Waals surface area contributed by atoms with Crippen LogP contribution in [0.25, 0.3) is 0 Å². The number of fused-ring (bicyclic) bond motifs is 1. The first-order valence-corrected chi connectivity index (χ1v) is 8.80. The largest absolute Gasteiger partial charge is 0.389 e. The van der Waals surface area contributed by atoms with E-state index in [1.807, 2.05) is 0 Å². The highest BCUT2D eigenvalue weighted by Gasteiger charge is 2.37. The number of hydrogen-bond acceptors (Lipinski definition) is 3. The van der Waals surface area contributed by atoms with Crippen molar-refractivity contribution >= 4 is 22.9 Å². The Bertz CT molecular complexity index is 487. The van der Waals surface area contributed by atoms with Gasteiger partial charge in [-0.2, -0.15) is 0 Å². The summed E-state index contributed by atoms with van der Waals surface area (Å²) in [5.74, 6) is 0. The number of thiophene rings is 1.